The van der Waals surface area contributed by atoms with Crippen molar-refractivity contribution in [3.8, 4) is 22.8 Å². The number of aromatic hydroxyl groups is 1. The third-order valence-electron chi connectivity index (χ3n) is 4.53. The monoisotopic (exact) mass is 336 g/mol. The molecule has 3 aromatic rings. The van der Waals surface area contributed by atoms with Crippen LogP contribution in [0.2, 0.25) is 0 Å². The number of aromatic nitrogens is 1. The maximum absolute atomic E-state index is 10.6. The maximum Gasteiger partial charge on any atom is 0.128 e. The number of para-hydroxylation sites is 1. The van der Waals surface area contributed by atoms with E-state index in [0.717, 1.165) is 54.2 Å². The van der Waals surface area contributed by atoms with Crippen molar-refractivity contribution in [2.24, 2.45) is 0 Å². The highest BCUT2D eigenvalue weighted by Crippen LogP contribution is 2.35. The first-order valence-corrected chi connectivity index (χ1v) is 8.36. The van der Waals surface area contributed by atoms with Gasteiger partial charge in [-0.25, -0.2) is 4.98 Å². The van der Waals surface area contributed by atoms with Gasteiger partial charge in [-0.2, -0.15) is 0 Å². The van der Waals surface area contributed by atoms with Gasteiger partial charge in [0, 0.05) is 35.8 Å². The number of morpholine rings is 1. The summed E-state index contributed by atoms with van der Waals surface area (Å²) in [6, 6.07) is 15.4. The first kappa shape index (κ1) is 15.7. The standard InChI is InChI=1S/C20H20N2O3/c1-24-20-5-3-2-4-15(20)18-13-19(23)16-12-14(6-7-17(16)21-18)22-8-10-25-11-9-22/h2-7,12-13H,8-11H2,1H3,(H,21,23). The Bertz CT molecular complexity index is 905. The third-order valence-corrected chi connectivity index (χ3v) is 4.53. The molecule has 128 valence electrons. The Labute approximate surface area is 146 Å². The Morgan fingerprint density at radius 1 is 1.08 bits per heavy atom. The molecule has 1 fully saturated rings. The van der Waals surface area contributed by atoms with Crippen molar-refractivity contribution >= 4 is 16.6 Å². The quantitative estimate of drug-likeness (QED) is 0.794. The summed E-state index contributed by atoms with van der Waals surface area (Å²) < 4.78 is 10.8. The first-order chi connectivity index (χ1) is 12.3. The van der Waals surface area contributed by atoms with Crippen LogP contribution in [-0.4, -0.2) is 43.5 Å². The molecular formula is C20H20N2O3. The summed E-state index contributed by atoms with van der Waals surface area (Å²) in [6.45, 7) is 3.18. The second kappa shape index (κ2) is 6.61. The number of fused-ring (bicyclic) bond motifs is 1. The second-order valence-corrected chi connectivity index (χ2v) is 6.03. The van der Waals surface area contributed by atoms with Crippen molar-refractivity contribution in [1.82, 2.24) is 4.98 Å². The lowest BCUT2D eigenvalue weighted by Crippen LogP contribution is -2.36. The van der Waals surface area contributed by atoms with E-state index < -0.39 is 0 Å². The van der Waals surface area contributed by atoms with Gasteiger partial charge in [0.05, 0.1) is 31.5 Å². The zero-order chi connectivity index (χ0) is 17.2. The van der Waals surface area contributed by atoms with Gasteiger partial charge in [0.1, 0.15) is 11.5 Å². The number of nitrogens with zero attached hydrogens (tertiary/aromatic N) is 2. The van der Waals surface area contributed by atoms with E-state index in [0.29, 0.717) is 5.69 Å². The Kier molecular flexibility index (Phi) is 4.15. The minimum Gasteiger partial charge on any atom is -0.507 e. The molecule has 25 heavy (non-hydrogen) atoms. The summed E-state index contributed by atoms with van der Waals surface area (Å²) in [5.74, 6) is 0.958. The van der Waals surface area contributed by atoms with E-state index in [1.54, 1.807) is 13.2 Å². The van der Waals surface area contributed by atoms with Crippen LogP contribution in [-0.2, 0) is 4.74 Å². The van der Waals surface area contributed by atoms with E-state index in [4.69, 9.17) is 14.5 Å². The molecule has 5 nitrogen and oxygen atoms in total. The molecule has 0 amide bonds. The molecule has 2 aromatic carbocycles. The van der Waals surface area contributed by atoms with Crippen LogP contribution < -0.4 is 9.64 Å². The first-order valence-electron chi connectivity index (χ1n) is 8.36. The zero-order valence-corrected chi connectivity index (χ0v) is 14.1. The molecule has 0 saturated carbocycles. The molecule has 1 aliphatic heterocycles. The number of anilines is 1. The Hall–Kier alpha value is -2.79. The maximum atomic E-state index is 10.6. The Morgan fingerprint density at radius 2 is 1.88 bits per heavy atom. The van der Waals surface area contributed by atoms with E-state index in [2.05, 4.69) is 4.90 Å². The smallest absolute Gasteiger partial charge is 0.128 e. The molecule has 0 spiro atoms. The minimum absolute atomic E-state index is 0.223. The van der Waals surface area contributed by atoms with E-state index >= 15 is 0 Å². The predicted octanol–water partition coefficient (Wildman–Crippen LogP) is 3.45. The molecule has 4 rings (SSSR count). The van der Waals surface area contributed by atoms with Gasteiger partial charge in [0.25, 0.3) is 0 Å². The number of hydrogen-bond acceptors (Lipinski definition) is 5. The van der Waals surface area contributed by atoms with Crippen LogP contribution in [0.5, 0.6) is 11.5 Å². The minimum atomic E-state index is 0.223. The summed E-state index contributed by atoms with van der Waals surface area (Å²) in [6.07, 6.45) is 0. The third kappa shape index (κ3) is 2.98. The second-order valence-electron chi connectivity index (χ2n) is 6.03. The van der Waals surface area contributed by atoms with Crippen LogP contribution in [0.1, 0.15) is 0 Å². The number of benzene rings is 2. The molecule has 1 aliphatic rings. The summed E-state index contributed by atoms with van der Waals surface area (Å²) in [5, 5.41) is 11.3. The zero-order valence-electron chi connectivity index (χ0n) is 14.1. The van der Waals surface area contributed by atoms with Crippen molar-refractivity contribution in [2.45, 2.75) is 0 Å². The molecule has 0 aliphatic carbocycles. The van der Waals surface area contributed by atoms with Gasteiger partial charge in [-0.05, 0) is 30.3 Å². The fraction of sp³-hybridized carbons (Fsp3) is 0.250. The lowest BCUT2D eigenvalue weighted by atomic mass is 10.1. The van der Waals surface area contributed by atoms with E-state index in [1.165, 1.54) is 0 Å². The summed E-state index contributed by atoms with van der Waals surface area (Å²) in [7, 11) is 1.63. The van der Waals surface area contributed by atoms with Crippen LogP contribution in [0.4, 0.5) is 5.69 Å². The van der Waals surface area contributed by atoms with Crippen LogP contribution in [0.3, 0.4) is 0 Å². The lowest BCUT2D eigenvalue weighted by Gasteiger charge is -2.29. The molecule has 0 radical (unpaired) electrons. The van der Waals surface area contributed by atoms with E-state index in [-0.39, 0.29) is 5.75 Å². The SMILES string of the molecule is COc1ccccc1-c1cc(O)c2cc(N3CCOCC3)ccc2n1. The van der Waals surface area contributed by atoms with Crippen LogP contribution in [0.15, 0.2) is 48.5 Å². The van der Waals surface area contributed by atoms with Crippen LogP contribution >= 0.6 is 0 Å². The van der Waals surface area contributed by atoms with Gasteiger partial charge < -0.3 is 19.5 Å². The molecule has 0 bridgehead atoms. The molecule has 1 aromatic heterocycles. The fourth-order valence-electron chi connectivity index (χ4n) is 3.21. The van der Waals surface area contributed by atoms with Crippen LogP contribution in [0.25, 0.3) is 22.2 Å². The molecule has 1 saturated heterocycles. The average Bonchev–Trinajstić information content (AvgIpc) is 2.68. The van der Waals surface area contributed by atoms with E-state index in [9.17, 15) is 5.11 Å². The van der Waals surface area contributed by atoms with Crippen molar-refractivity contribution in [3.05, 3.63) is 48.5 Å². The van der Waals surface area contributed by atoms with Gasteiger partial charge in [0.2, 0.25) is 0 Å². The van der Waals surface area contributed by atoms with Crippen molar-refractivity contribution in [1.29, 1.82) is 0 Å². The molecular weight excluding hydrogens is 316 g/mol. The fourth-order valence-corrected chi connectivity index (χ4v) is 3.21. The molecule has 1 N–H and O–H groups in total. The highest BCUT2D eigenvalue weighted by Gasteiger charge is 2.14. The van der Waals surface area contributed by atoms with Gasteiger partial charge in [0.15, 0.2) is 0 Å². The summed E-state index contributed by atoms with van der Waals surface area (Å²) in [4.78, 5) is 6.98. The molecule has 5 heteroatoms. The Balaban J connectivity index is 1.78. The normalized spacial score (nSPS) is 14.7. The van der Waals surface area contributed by atoms with Crippen molar-refractivity contribution in [3.63, 3.8) is 0 Å². The van der Waals surface area contributed by atoms with Gasteiger partial charge >= 0.3 is 0 Å². The van der Waals surface area contributed by atoms with Gasteiger partial charge in [-0.1, -0.05) is 12.1 Å². The predicted molar refractivity (Wildman–Crippen MR) is 98.4 cm³/mol. The number of pyridine rings is 1. The van der Waals surface area contributed by atoms with Crippen molar-refractivity contribution in [2.75, 3.05) is 38.3 Å². The van der Waals surface area contributed by atoms with Crippen molar-refractivity contribution < 1.29 is 14.6 Å². The molecule has 0 atom stereocenters. The number of rotatable bonds is 3. The average molecular weight is 336 g/mol. The van der Waals surface area contributed by atoms with Gasteiger partial charge in [-0.15, -0.1) is 0 Å². The Morgan fingerprint density at radius 3 is 2.68 bits per heavy atom. The highest BCUT2D eigenvalue weighted by atomic mass is 16.5. The largest absolute Gasteiger partial charge is 0.507 e. The van der Waals surface area contributed by atoms with Gasteiger partial charge in [-0.3, -0.25) is 0 Å². The lowest BCUT2D eigenvalue weighted by molar-refractivity contribution is 0.122. The van der Waals surface area contributed by atoms with Crippen LogP contribution in [0, 0.1) is 0 Å². The molecule has 2 heterocycles. The number of methoxy groups -OCH3 is 1. The number of hydrogen-bond donors (Lipinski definition) is 1. The number of ether oxygens (including phenoxy) is 2. The molecule has 0 unspecified atom stereocenters. The summed E-state index contributed by atoms with van der Waals surface area (Å²) >= 11 is 0. The summed E-state index contributed by atoms with van der Waals surface area (Å²) in [5.41, 5.74) is 3.40. The highest BCUT2D eigenvalue weighted by molar-refractivity contribution is 5.90. The van der Waals surface area contributed by atoms with E-state index in [1.807, 2.05) is 42.5 Å². The topological polar surface area (TPSA) is 54.8 Å².